The van der Waals surface area contributed by atoms with Crippen LogP contribution in [0.4, 0.5) is 5.69 Å². The van der Waals surface area contributed by atoms with Crippen LogP contribution >= 0.6 is 0 Å². The van der Waals surface area contributed by atoms with Gasteiger partial charge in [0, 0.05) is 18.4 Å². The molecule has 14 heavy (non-hydrogen) atoms. The van der Waals surface area contributed by atoms with E-state index in [-0.39, 0.29) is 12.5 Å². The van der Waals surface area contributed by atoms with Crippen molar-refractivity contribution in [1.29, 1.82) is 0 Å². The first-order chi connectivity index (χ1) is 6.76. The van der Waals surface area contributed by atoms with Gasteiger partial charge in [-0.2, -0.15) is 0 Å². The minimum absolute atomic E-state index is 0.0525. The minimum atomic E-state index is -0.180. The second kappa shape index (κ2) is 5.05. The molecular weight excluding hydrogens is 178 g/mol. The van der Waals surface area contributed by atoms with Crippen molar-refractivity contribution in [2.45, 2.75) is 0 Å². The zero-order valence-electron chi connectivity index (χ0n) is 7.91. The smallest absolute Gasteiger partial charge is 0.250 e. The van der Waals surface area contributed by atoms with Gasteiger partial charge in [0.25, 0.3) is 0 Å². The molecule has 0 unspecified atom stereocenters. The lowest BCUT2D eigenvalue weighted by Gasteiger charge is -2.03. The van der Waals surface area contributed by atoms with Crippen molar-refractivity contribution in [2.24, 2.45) is 0 Å². The van der Waals surface area contributed by atoms with Crippen LogP contribution in [-0.2, 0) is 9.53 Å². The molecule has 0 saturated carbocycles. The number of rotatable bonds is 3. The number of amides is 1. The van der Waals surface area contributed by atoms with E-state index < -0.39 is 0 Å². The van der Waals surface area contributed by atoms with Gasteiger partial charge >= 0.3 is 0 Å². The summed E-state index contributed by atoms with van der Waals surface area (Å²) in [7, 11) is 1.47. The zero-order valence-corrected chi connectivity index (χ0v) is 7.91. The van der Waals surface area contributed by atoms with Gasteiger partial charge in [-0.05, 0) is 24.3 Å². The average Bonchev–Trinajstić information content (AvgIpc) is 2.19. The molecule has 1 aromatic rings. The zero-order chi connectivity index (χ0) is 10.4. The highest BCUT2D eigenvalue weighted by Gasteiger charge is 1.99. The Kier molecular flexibility index (Phi) is 3.71. The van der Waals surface area contributed by atoms with E-state index >= 15 is 0 Å². The van der Waals surface area contributed by atoms with Crippen molar-refractivity contribution in [2.75, 3.05) is 19.0 Å². The van der Waals surface area contributed by atoms with Crippen LogP contribution in [0.5, 0.6) is 0 Å². The molecule has 0 heterocycles. The SMILES string of the molecule is C#Cc1ccc(NC(=O)COC)cc1. The van der Waals surface area contributed by atoms with Crippen LogP contribution in [0.3, 0.4) is 0 Å². The van der Waals surface area contributed by atoms with E-state index in [1.807, 2.05) is 0 Å². The van der Waals surface area contributed by atoms with Crippen LogP contribution in [0.25, 0.3) is 0 Å². The Morgan fingerprint density at radius 2 is 2.14 bits per heavy atom. The number of carbonyl (C=O) groups excluding carboxylic acids is 1. The normalized spacial score (nSPS) is 9.14. The number of benzene rings is 1. The summed E-state index contributed by atoms with van der Waals surface area (Å²) in [6.45, 7) is 0.0525. The Morgan fingerprint density at radius 1 is 1.50 bits per heavy atom. The number of hydrogen-bond acceptors (Lipinski definition) is 2. The van der Waals surface area contributed by atoms with Crippen molar-refractivity contribution in [3.05, 3.63) is 29.8 Å². The summed E-state index contributed by atoms with van der Waals surface area (Å²) < 4.78 is 4.68. The molecule has 1 N–H and O–H groups in total. The standard InChI is InChI=1S/C11H11NO2/c1-3-9-4-6-10(7-5-9)12-11(13)8-14-2/h1,4-7H,8H2,2H3,(H,12,13). The van der Waals surface area contributed by atoms with Gasteiger partial charge in [0.1, 0.15) is 6.61 Å². The third-order valence-electron chi connectivity index (χ3n) is 1.61. The number of hydrogen-bond donors (Lipinski definition) is 1. The molecule has 0 saturated heterocycles. The average molecular weight is 189 g/mol. The Labute approximate surface area is 83.1 Å². The summed E-state index contributed by atoms with van der Waals surface area (Å²) in [5.41, 5.74) is 1.50. The molecule has 0 bridgehead atoms. The van der Waals surface area contributed by atoms with Crippen LogP contribution in [0.1, 0.15) is 5.56 Å². The summed E-state index contributed by atoms with van der Waals surface area (Å²) in [5.74, 6) is 2.32. The molecule has 0 fully saturated rings. The quantitative estimate of drug-likeness (QED) is 0.727. The molecule has 0 radical (unpaired) electrons. The monoisotopic (exact) mass is 189 g/mol. The number of anilines is 1. The predicted octanol–water partition coefficient (Wildman–Crippen LogP) is 1.25. The Hall–Kier alpha value is -1.79. The number of terminal acetylenes is 1. The van der Waals surface area contributed by atoms with E-state index in [1.54, 1.807) is 24.3 Å². The fraction of sp³-hybridized carbons (Fsp3) is 0.182. The molecule has 0 spiro atoms. The van der Waals surface area contributed by atoms with Crippen LogP contribution in [-0.4, -0.2) is 19.6 Å². The van der Waals surface area contributed by atoms with E-state index in [2.05, 4.69) is 16.0 Å². The van der Waals surface area contributed by atoms with E-state index in [4.69, 9.17) is 6.42 Å². The highest BCUT2D eigenvalue weighted by atomic mass is 16.5. The van der Waals surface area contributed by atoms with Gasteiger partial charge in [0.05, 0.1) is 0 Å². The van der Waals surface area contributed by atoms with Crippen molar-refractivity contribution in [1.82, 2.24) is 0 Å². The van der Waals surface area contributed by atoms with Gasteiger partial charge in [0.15, 0.2) is 0 Å². The molecule has 0 aromatic heterocycles. The van der Waals surface area contributed by atoms with Crippen molar-refractivity contribution in [3.8, 4) is 12.3 Å². The van der Waals surface area contributed by atoms with E-state index in [0.717, 1.165) is 5.56 Å². The summed E-state index contributed by atoms with van der Waals surface area (Å²) in [4.78, 5) is 11.1. The topological polar surface area (TPSA) is 38.3 Å². The minimum Gasteiger partial charge on any atom is -0.375 e. The molecule has 0 atom stereocenters. The number of methoxy groups -OCH3 is 1. The largest absolute Gasteiger partial charge is 0.375 e. The van der Waals surface area contributed by atoms with Crippen LogP contribution in [0.2, 0.25) is 0 Å². The Morgan fingerprint density at radius 3 is 2.64 bits per heavy atom. The molecule has 0 aliphatic heterocycles. The van der Waals surface area contributed by atoms with E-state index in [9.17, 15) is 4.79 Å². The molecule has 1 amide bonds. The number of carbonyl (C=O) groups is 1. The lowest BCUT2D eigenvalue weighted by Crippen LogP contribution is -2.16. The van der Waals surface area contributed by atoms with Gasteiger partial charge in [-0.1, -0.05) is 5.92 Å². The fourth-order valence-electron chi connectivity index (χ4n) is 0.978. The maximum atomic E-state index is 11.1. The second-order valence-corrected chi connectivity index (χ2v) is 2.70. The first-order valence-electron chi connectivity index (χ1n) is 4.11. The summed E-state index contributed by atoms with van der Waals surface area (Å²) in [5, 5.41) is 2.66. The van der Waals surface area contributed by atoms with Crippen LogP contribution in [0, 0.1) is 12.3 Å². The lowest BCUT2D eigenvalue weighted by molar-refractivity contribution is -0.119. The Balaban J connectivity index is 2.61. The molecule has 0 aliphatic rings. The third-order valence-corrected chi connectivity index (χ3v) is 1.61. The first kappa shape index (κ1) is 10.3. The molecule has 1 rings (SSSR count). The van der Waals surface area contributed by atoms with E-state index in [0.29, 0.717) is 5.69 Å². The van der Waals surface area contributed by atoms with Crippen LogP contribution in [0.15, 0.2) is 24.3 Å². The maximum absolute atomic E-state index is 11.1. The van der Waals surface area contributed by atoms with Gasteiger partial charge in [-0.25, -0.2) is 0 Å². The predicted molar refractivity (Wildman–Crippen MR) is 54.9 cm³/mol. The van der Waals surface area contributed by atoms with Gasteiger partial charge < -0.3 is 10.1 Å². The fourth-order valence-corrected chi connectivity index (χ4v) is 0.978. The van der Waals surface area contributed by atoms with Crippen LogP contribution < -0.4 is 5.32 Å². The van der Waals surface area contributed by atoms with Crippen molar-refractivity contribution < 1.29 is 9.53 Å². The molecular formula is C11H11NO2. The van der Waals surface area contributed by atoms with Crippen molar-refractivity contribution in [3.63, 3.8) is 0 Å². The van der Waals surface area contributed by atoms with Gasteiger partial charge in [0.2, 0.25) is 5.91 Å². The highest BCUT2D eigenvalue weighted by molar-refractivity contribution is 5.91. The molecule has 3 nitrogen and oxygen atoms in total. The summed E-state index contributed by atoms with van der Waals surface area (Å²) in [6, 6.07) is 7.04. The Bertz CT molecular complexity index is 349. The molecule has 1 aromatic carbocycles. The molecule has 72 valence electrons. The highest BCUT2D eigenvalue weighted by Crippen LogP contribution is 2.08. The molecule has 0 aliphatic carbocycles. The maximum Gasteiger partial charge on any atom is 0.250 e. The van der Waals surface area contributed by atoms with E-state index in [1.165, 1.54) is 7.11 Å². The summed E-state index contributed by atoms with van der Waals surface area (Å²) >= 11 is 0. The van der Waals surface area contributed by atoms with Gasteiger partial charge in [-0.3, -0.25) is 4.79 Å². The number of ether oxygens (including phenoxy) is 1. The second-order valence-electron chi connectivity index (χ2n) is 2.70. The number of nitrogens with one attached hydrogen (secondary N) is 1. The lowest BCUT2D eigenvalue weighted by atomic mass is 10.2. The van der Waals surface area contributed by atoms with Crippen molar-refractivity contribution >= 4 is 11.6 Å². The van der Waals surface area contributed by atoms with Gasteiger partial charge in [-0.15, -0.1) is 6.42 Å². The first-order valence-corrected chi connectivity index (χ1v) is 4.11. The molecule has 3 heteroatoms. The third kappa shape index (κ3) is 2.92. The summed E-state index contributed by atoms with van der Waals surface area (Å²) in [6.07, 6.45) is 5.19.